The smallest absolute Gasteiger partial charge is 0.225 e. The van der Waals surface area contributed by atoms with E-state index in [2.05, 4.69) is 15.3 Å². The number of anilines is 2. The molecule has 1 aromatic rings. The van der Waals surface area contributed by atoms with E-state index < -0.39 is 0 Å². The van der Waals surface area contributed by atoms with Crippen LogP contribution in [0.1, 0.15) is 0 Å². The van der Waals surface area contributed by atoms with E-state index in [0.717, 1.165) is 5.82 Å². The summed E-state index contributed by atoms with van der Waals surface area (Å²) in [5.74, 6) is 1.32. The van der Waals surface area contributed by atoms with Gasteiger partial charge in [0.15, 0.2) is 0 Å². The minimum Gasteiger partial charge on any atom is -0.363 e. The van der Waals surface area contributed by atoms with Crippen molar-refractivity contribution in [2.24, 2.45) is 0 Å². The largest absolute Gasteiger partial charge is 0.363 e. The Labute approximate surface area is 76.6 Å². The zero-order chi connectivity index (χ0) is 9.14. The first-order valence-corrected chi connectivity index (χ1v) is 3.91. The Kier molecular flexibility index (Phi) is 2.70. The number of nitrogens with one attached hydrogen (secondary N) is 1. The summed E-state index contributed by atoms with van der Waals surface area (Å²) >= 11 is 5.76. The molecule has 0 bridgehead atoms. The van der Waals surface area contributed by atoms with Gasteiger partial charge in [-0.3, -0.25) is 0 Å². The van der Waals surface area contributed by atoms with Gasteiger partial charge >= 0.3 is 0 Å². The summed E-state index contributed by atoms with van der Waals surface area (Å²) in [6.07, 6.45) is 0. The molecule has 0 saturated heterocycles. The third kappa shape index (κ3) is 1.98. The Morgan fingerprint density at radius 3 is 2.58 bits per heavy atom. The molecular formula is C7H11ClN4. The monoisotopic (exact) mass is 186 g/mol. The van der Waals surface area contributed by atoms with Crippen molar-refractivity contribution in [1.29, 1.82) is 0 Å². The Hall–Kier alpha value is -1.03. The van der Waals surface area contributed by atoms with Crippen LogP contribution in [0.15, 0.2) is 6.07 Å². The molecule has 1 aromatic heterocycles. The minimum atomic E-state index is 0.443. The van der Waals surface area contributed by atoms with Crippen molar-refractivity contribution in [3.63, 3.8) is 0 Å². The summed E-state index contributed by atoms with van der Waals surface area (Å²) in [7, 11) is 5.56. The van der Waals surface area contributed by atoms with E-state index in [-0.39, 0.29) is 0 Å². The summed E-state index contributed by atoms with van der Waals surface area (Å²) in [4.78, 5) is 9.99. The van der Waals surface area contributed by atoms with Crippen LogP contribution in [0.2, 0.25) is 5.15 Å². The quantitative estimate of drug-likeness (QED) is 0.706. The van der Waals surface area contributed by atoms with Crippen LogP contribution in [0.5, 0.6) is 0 Å². The fraction of sp³-hybridized carbons (Fsp3) is 0.429. The second kappa shape index (κ2) is 3.58. The molecule has 1 N–H and O–H groups in total. The topological polar surface area (TPSA) is 41.1 Å². The maximum Gasteiger partial charge on any atom is 0.225 e. The van der Waals surface area contributed by atoms with Gasteiger partial charge in [0, 0.05) is 27.2 Å². The predicted octanol–water partition coefficient (Wildman–Crippen LogP) is 1.24. The number of aromatic nitrogens is 2. The molecule has 0 saturated carbocycles. The van der Waals surface area contributed by atoms with Gasteiger partial charge in [0.25, 0.3) is 0 Å². The van der Waals surface area contributed by atoms with E-state index in [4.69, 9.17) is 11.6 Å². The van der Waals surface area contributed by atoms with Gasteiger partial charge in [0.1, 0.15) is 11.0 Å². The fourth-order valence-electron chi connectivity index (χ4n) is 0.747. The normalized spacial score (nSPS) is 9.67. The summed E-state index contributed by atoms with van der Waals surface area (Å²) in [6, 6.07) is 1.71. The Balaban J connectivity index is 3.06. The molecule has 5 heteroatoms. The SMILES string of the molecule is CNc1nc(Cl)cc(N(C)C)n1. The van der Waals surface area contributed by atoms with E-state index >= 15 is 0 Å². The molecule has 0 unspecified atom stereocenters. The Bertz CT molecular complexity index is 274. The fourth-order valence-corrected chi connectivity index (χ4v) is 0.924. The van der Waals surface area contributed by atoms with Crippen LogP contribution < -0.4 is 10.2 Å². The molecular weight excluding hydrogens is 176 g/mol. The molecule has 66 valence electrons. The Morgan fingerprint density at radius 2 is 2.08 bits per heavy atom. The van der Waals surface area contributed by atoms with E-state index in [1.807, 2.05) is 19.0 Å². The maximum absolute atomic E-state index is 5.76. The van der Waals surface area contributed by atoms with Gasteiger partial charge in [-0.2, -0.15) is 4.98 Å². The van der Waals surface area contributed by atoms with Crippen LogP contribution in [0.3, 0.4) is 0 Å². The minimum absolute atomic E-state index is 0.443. The number of hydrogen-bond acceptors (Lipinski definition) is 4. The van der Waals surface area contributed by atoms with E-state index in [1.54, 1.807) is 13.1 Å². The molecule has 0 aromatic carbocycles. The van der Waals surface area contributed by atoms with E-state index in [9.17, 15) is 0 Å². The molecule has 4 nitrogen and oxygen atoms in total. The van der Waals surface area contributed by atoms with Gasteiger partial charge in [-0.15, -0.1) is 0 Å². The van der Waals surface area contributed by atoms with Crippen LogP contribution in [-0.2, 0) is 0 Å². The summed E-state index contributed by atoms with van der Waals surface area (Å²) in [5, 5.41) is 3.27. The van der Waals surface area contributed by atoms with Gasteiger partial charge < -0.3 is 10.2 Å². The van der Waals surface area contributed by atoms with Gasteiger partial charge in [-0.1, -0.05) is 11.6 Å². The van der Waals surface area contributed by atoms with Crippen molar-refractivity contribution in [3.05, 3.63) is 11.2 Å². The lowest BCUT2D eigenvalue weighted by Crippen LogP contribution is -2.12. The summed E-state index contributed by atoms with van der Waals surface area (Å²) in [5.41, 5.74) is 0. The molecule has 12 heavy (non-hydrogen) atoms. The lowest BCUT2D eigenvalue weighted by Gasteiger charge is -2.11. The Morgan fingerprint density at radius 1 is 1.42 bits per heavy atom. The third-order valence-corrected chi connectivity index (χ3v) is 1.56. The number of nitrogens with zero attached hydrogens (tertiary/aromatic N) is 3. The van der Waals surface area contributed by atoms with Crippen LogP contribution in [-0.4, -0.2) is 31.1 Å². The number of hydrogen-bond donors (Lipinski definition) is 1. The number of halogens is 1. The van der Waals surface area contributed by atoms with Crippen LogP contribution >= 0.6 is 11.6 Å². The second-order valence-electron chi connectivity index (χ2n) is 2.52. The first kappa shape index (κ1) is 9.06. The lowest BCUT2D eigenvalue weighted by atomic mass is 10.5. The third-order valence-electron chi connectivity index (χ3n) is 1.36. The standard InChI is InChI=1S/C7H11ClN4/c1-9-7-10-5(8)4-6(11-7)12(2)3/h4H,1-3H3,(H,9,10,11). The first-order chi connectivity index (χ1) is 5.63. The predicted molar refractivity (Wildman–Crippen MR) is 50.9 cm³/mol. The second-order valence-corrected chi connectivity index (χ2v) is 2.90. The first-order valence-electron chi connectivity index (χ1n) is 3.53. The van der Waals surface area contributed by atoms with Crippen molar-refractivity contribution >= 4 is 23.4 Å². The molecule has 0 aliphatic rings. The lowest BCUT2D eigenvalue weighted by molar-refractivity contribution is 1.04. The molecule has 0 atom stereocenters. The van der Waals surface area contributed by atoms with Crippen molar-refractivity contribution in [1.82, 2.24) is 9.97 Å². The van der Waals surface area contributed by atoms with Crippen LogP contribution in [0.25, 0.3) is 0 Å². The molecule has 0 spiro atoms. The highest BCUT2D eigenvalue weighted by molar-refractivity contribution is 6.29. The molecule has 0 aliphatic heterocycles. The maximum atomic E-state index is 5.76. The molecule has 0 aliphatic carbocycles. The molecule has 0 amide bonds. The summed E-state index contributed by atoms with van der Waals surface area (Å²) in [6.45, 7) is 0. The molecule has 0 fully saturated rings. The highest BCUT2D eigenvalue weighted by atomic mass is 35.5. The molecule has 0 radical (unpaired) electrons. The van der Waals surface area contributed by atoms with E-state index in [1.165, 1.54) is 0 Å². The average molecular weight is 187 g/mol. The highest BCUT2D eigenvalue weighted by Crippen LogP contribution is 2.15. The van der Waals surface area contributed by atoms with Gasteiger partial charge in [-0.05, 0) is 0 Å². The molecule has 1 heterocycles. The van der Waals surface area contributed by atoms with Crippen LogP contribution in [0, 0.1) is 0 Å². The summed E-state index contributed by atoms with van der Waals surface area (Å²) < 4.78 is 0. The highest BCUT2D eigenvalue weighted by Gasteiger charge is 2.02. The van der Waals surface area contributed by atoms with Gasteiger partial charge in [-0.25, -0.2) is 4.98 Å². The van der Waals surface area contributed by atoms with Crippen molar-refractivity contribution in [3.8, 4) is 0 Å². The molecule has 1 rings (SSSR count). The number of rotatable bonds is 2. The van der Waals surface area contributed by atoms with Crippen molar-refractivity contribution in [2.75, 3.05) is 31.4 Å². The van der Waals surface area contributed by atoms with Gasteiger partial charge in [0.2, 0.25) is 5.95 Å². The van der Waals surface area contributed by atoms with Gasteiger partial charge in [0.05, 0.1) is 0 Å². The van der Waals surface area contributed by atoms with Crippen molar-refractivity contribution in [2.45, 2.75) is 0 Å². The zero-order valence-corrected chi connectivity index (χ0v) is 8.05. The average Bonchev–Trinajstić information content (AvgIpc) is 2.03. The van der Waals surface area contributed by atoms with E-state index in [0.29, 0.717) is 11.1 Å². The van der Waals surface area contributed by atoms with Crippen LogP contribution in [0.4, 0.5) is 11.8 Å². The zero-order valence-electron chi connectivity index (χ0n) is 7.30. The van der Waals surface area contributed by atoms with Crippen molar-refractivity contribution < 1.29 is 0 Å².